The van der Waals surface area contributed by atoms with Crippen LogP contribution in [0.2, 0.25) is 0 Å². The number of benzene rings is 2. The molecule has 1 aliphatic carbocycles. The largest absolute Gasteiger partial charge is 0.363 e. The third-order valence-corrected chi connectivity index (χ3v) is 4.90. The van der Waals surface area contributed by atoms with E-state index >= 15 is 0 Å². The van der Waals surface area contributed by atoms with Gasteiger partial charge in [-0.05, 0) is 48.6 Å². The molecule has 126 valence electrons. The van der Waals surface area contributed by atoms with Gasteiger partial charge in [-0.3, -0.25) is 9.59 Å². The Hall–Kier alpha value is -2.95. The van der Waals surface area contributed by atoms with Crippen LogP contribution in [0.5, 0.6) is 0 Å². The van der Waals surface area contributed by atoms with Crippen LogP contribution in [-0.4, -0.2) is 22.8 Å². The Kier molecular flexibility index (Phi) is 3.84. The molecular formula is C20H17NO4. The molecule has 2 aromatic rings. The molecule has 0 atom stereocenters. The highest BCUT2D eigenvalue weighted by molar-refractivity contribution is 6.21. The summed E-state index contributed by atoms with van der Waals surface area (Å²) in [5.74, 6) is -1.39. The van der Waals surface area contributed by atoms with E-state index in [0.29, 0.717) is 16.5 Å². The zero-order valence-electron chi connectivity index (χ0n) is 13.6. The lowest BCUT2D eigenvalue weighted by atomic mass is 9.97. The molecule has 25 heavy (non-hydrogen) atoms. The Labute approximate surface area is 145 Å². The smallest absolute Gasteiger partial charge is 0.324 e. The van der Waals surface area contributed by atoms with Gasteiger partial charge in [-0.1, -0.05) is 42.2 Å². The summed E-state index contributed by atoms with van der Waals surface area (Å²) in [5, 5.41) is 0.540. The Morgan fingerprint density at radius 1 is 0.880 bits per heavy atom. The highest BCUT2D eigenvalue weighted by atomic mass is 16.7. The first-order valence-electron chi connectivity index (χ1n) is 8.45. The van der Waals surface area contributed by atoms with Gasteiger partial charge in [0, 0.05) is 0 Å². The molecule has 1 heterocycles. The van der Waals surface area contributed by atoms with E-state index in [1.807, 2.05) is 12.1 Å². The summed E-state index contributed by atoms with van der Waals surface area (Å²) in [7, 11) is 0. The first kappa shape index (κ1) is 15.6. The van der Waals surface area contributed by atoms with E-state index in [1.165, 1.54) is 31.2 Å². The van der Waals surface area contributed by atoms with Crippen molar-refractivity contribution < 1.29 is 19.2 Å². The molecule has 2 aromatic carbocycles. The predicted octanol–water partition coefficient (Wildman–Crippen LogP) is 3.71. The first-order chi connectivity index (χ1) is 12.1. The lowest BCUT2D eigenvalue weighted by Crippen LogP contribution is -2.32. The molecule has 0 spiro atoms. The van der Waals surface area contributed by atoms with Gasteiger partial charge >= 0.3 is 5.97 Å². The number of rotatable bonds is 3. The summed E-state index contributed by atoms with van der Waals surface area (Å²) in [6.07, 6.45) is 4.85. The maximum atomic E-state index is 12.3. The maximum absolute atomic E-state index is 12.3. The summed E-state index contributed by atoms with van der Waals surface area (Å²) in [6.45, 7) is 0. The topological polar surface area (TPSA) is 63.7 Å². The summed E-state index contributed by atoms with van der Waals surface area (Å²) in [5.41, 5.74) is 2.03. The van der Waals surface area contributed by atoms with Crippen LogP contribution in [0.4, 0.5) is 0 Å². The maximum Gasteiger partial charge on any atom is 0.363 e. The number of hydrogen-bond donors (Lipinski definition) is 0. The van der Waals surface area contributed by atoms with Crippen molar-refractivity contribution in [3.05, 3.63) is 70.8 Å². The molecular weight excluding hydrogens is 318 g/mol. The number of fused-ring (bicyclic) bond motifs is 1. The van der Waals surface area contributed by atoms with Crippen LogP contribution in [-0.2, 0) is 4.84 Å². The van der Waals surface area contributed by atoms with Crippen molar-refractivity contribution in [1.29, 1.82) is 0 Å². The molecule has 0 N–H and O–H groups in total. The molecule has 1 fully saturated rings. The van der Waals surface area contributed by atoms with Crippen molar-refractivity contribution in [1.82, 2.24) is 5.06 Å². The third-order valence-electron chi connectivity index (χ3n) is 4.90. The molecule has 0 radical (unpaired) electrons. The molecule has 1 saturated carbocycles. The van der Waals surface area contributed by atoms with Gasteiger partial charge < -0.3 is 4.84 Å². The molecule has 5 nitrogen and oxygen atoms in total. The van der Waals surface area contributed by atoms with Gasteiger partial charge in [-0.2, -0.15) is 0 Å². The van der Waals surface area contributed by atoms with Crippen LogP contribution in [0.3, 0.4) is 0 Å². The molecule has 5 heteroatoms. The number of hydrogen-bond acceptors (Lipinski definition) is 4. The molecule has 2 aliphatic rings. The SMILES string of the molecule is O=C(ON1C(=O)c2ccccc2C1=O)c1ccc(C2CCCC2)cc1. The number of imide groups is 1. The standard InChI is InChI=1S/C20H17NO4/c22-18-16-7-3-4-8-17(16)19(23)21(18)25-20(24)15-11-9-14(10-12-15)13-5-1-2-6-13/h3-4,7-13H,1-2,5-6H2. The normalized spacial score (nSPS) is 17.0. The molecule has 0 bridgehead atoms. The summed E-state index contributed by atoms with van der Waals surface area (Å²) in [6, 6.07) is 13.6. The zero-order chi connectivity index (χ0) is 17.4. The molecule has 0 unspecified atom stereocenters. The highest BCUT2D eigenvalue weighted by Gasteiger charge is 2.38. The fourth-order valence-electron chi connectivity index (χ4n) is 3.54. The second kappa shape index (κ2) is 6.16. The molecule has 0 saturated heterocycles. The molecule has 0 aromatic heterocycles. The van der Waals surface area contributed by atoms with Crippen molar-refractivity contribution in [3.8, 4) is 0 Å². The number of carbonyl (C=O) groups is 3. The lowest BCUT2D eigenvalue weighted by Gasteiger charge is -2.13. The number of nitrogens with zero attached hydrogens (tertiary/aromatic N) is 1. The van der Waals surface area contributed by atoms with E-state index in [2.05, 4.69) is 0 Å². The van der Waals surface area contributed by atoms with Gasteiger partial charge in [-0.25, -0.2) is 4.79 Å². The van der Waals surface area contributed by atoms with Gasteiger partial charge in [-0.15, -0.1) is 0 Å². The number of amides is 2. The number of carbonyl (C=O) groups excluding carboxylic acids is 3. The van der Waals surface area contributed by atoms with E-state index in [0.717, 1.165) is 0 Å². The van der Waals surface area contributed by atoms with Gasteiger partial charge in [0.2, 0.25) is 0 Å². The Morgan fingerprint density at radius 2 is 1.44 bits per heavy atom. The summed E-state index contributed by atoms with van der Waals surface area (Å²) >= 11 is 0. The highest BCUT2D eigenvalue weighted by Crippen LogP contribution is 2.34. The minimum absolute atomic E-state index is 0.247. The Morgan fingerprint density at radius 3 is 2.00 bits per heavy atom. The van der Waals surface area contributed by atoms with E-state index in [9.17, 15) is 14.4 Å². The molecule has 2 amide bonds. The van der Waals surface area contributed by atoms with Crippen molar-refractivity contribution in [2.45, 2.75) is 31.6 Å². The van der Waals surface area contributed by atoms with Crippen LogP contribution < -0.4 is 0 Å². The second-order valence-corrected chi connectivity index (χ2v) is 6.43. The quantitative estimate of drug-likeness (QED) is 0.802. The fraction of sp³-hybridized carbons (Fsp3) is 0.250. The van der Waals surface area contributed by atoms with Gasteiger partial charge in [0.25, 0.3) is 11.8 Å². The summed E-state index contributed by atoms with van der Waals surface area (Å²) < 4.78 is 0. The van der Waals surface area contributed by atoms with Crippen molar-refractivity contribution >= 4 is 17.8 Å². The van der Waals surface area contributed by atoms with Crippen LogP contribution in [0.25, 0.3) is 0 Å². The van der Waals surface area contributed by atoms with Crippen LogP contribution in [0.1, 0.15) is 68.2 Å². The van der Waals surface area contributed by atoms with Gasteiger partial charge in [0.15, 0.2) is 0 Å². The molecule has 4 rings (SSSR count). The van der Waals surface area contributed by atoms with Crippen molar-refractivity contribution in [2.24, 2.45) is 0 Å². The van der Waals surface area contributed by atoms with Crippen LogP contribution >= 0.6 is 0 Å². The fourth-order valence-corrected chi connectivity index (χ4v) is 3.54. The zero-order valence-corrected chi connectivity index (χ0v) is 13.6. The van der Waals surface area contributed by atoms with Crippen molar-refractivity contribution in [2.75, 3.05) is 0 Å². The Balaban J connectivity index is 1.49. The predicted molar refractivity (Wildman–Crippen MR) is 90.0 cm³/mol. The Bertz CT molecular complexity index is 815. The average molecular weight is 335 g/mol. The van der Waals surface area contributed by atoms with E-state index in [-0.39, 0.29) is 11.1 Å². The first-order valence-corrected chi connectivity index (χ1v) is 8.45. The lowest BCUT2D eigenvalue weighted by molar-refractivity contribution is -0.0584. The number of hydroxylamine groups is 2. The minimum atomic E-state index is -0.715. The van der Waals surface area contributed by atoms with Crippen LogP contribution in [0, 0.1) is 0 Å². The van der Waals surface area contributed by atoms with E-state index < -0.39 is 17.8 Å². The van der Waals surface area contributed by atoms with E-state index in [1.54, 1.807) is 36.4 Å². The monoisotopic (exact) mass is 335 g/mol. The van der Waals surface area contributed by atoms with Gasteiger partial charge in [0.1, 0.15) is 0 Å². The molecule has 1 aliphatic heterocycles. The average Bonchev–Trinajstić information content (AvgIpc) is 3.26. The second-order valence-electron chi connectivity index (χ2n) is 6.43. The minimum Gasteiger partial charge on any atom is -0.324 e. The summed E-state index contributed by atoms with van der Waals surface area (Å²) in [4.78, 5) is 41.8. The van der Waals surface area contributed by atoms with Crippen molar-refractivity contribution in [3.63, 3.8) is 0 Å². The van der Waals surface area contributed by atoms with E-state index in [4.69, 9.17) is 4.84 Å². The van der Waals surface area contributed by atoms with Gasteiger partial charge in [0.05, 0.1) is 16.7 Å². The van der Waals surface area contributed by atoms with Crippen LogP contribution in [0.15, 0.2) is 48.5 Å². The third kappa shape index (κ3) is 2.71.